The second-order valence-corrected chi connectivity index (χ2v) is 5.62. The predicted octanol–water partition coefficient (Wildman–Crippen LogP) is 3.71. The van der Waals surface area contributed by atoms with E-state index in [1.807, 2.05) is 35.0 Å². The molecular weight excluding hydrogens is 353 g/mol. The number of nitrogens with zero attached hydrogens (tertiary/aromatic N) is 2. The SMILES string of the molecule is CCC(C)n1nccc1NC(=O)c1ccc(I)cc1. The number of benzene rings is 1. The Labute approximate surface area is 126 Å². The number of rotatable bonds is 4. The lowest BCUT2D eigenvalue weighted by Crippen LogP contribution is -2.17. The van der Waals surface area contributed by atoms with Crippen molar-refractivity contribution in [3.8, 4) is 0 Å². The van der Waals surface area contributed by atoms with Crippen molar-refractivity contribution >= 4 is 34.3 Å². The van der Waals surface area contributed by atoms with Gasteiger partial charge in [-0.1, -0.05) is 6.92 Å². The van der Waals surface area contributed by atoms with E-state index in [1.54, 1.807) is 6.20 Å². The molecule has 0 radical (unpaired) electrons. The maximum Gasteiger partial charge on any atom is 0.256 e. The van der Waals surface area contributed by atoms with Gasteiger partial charge in [-0.15, -0.1) is 0 Å². The molecule has 100 valence electrons. The molecule has 2 rings (SSSR count). The third-order valence-electron chi connectivity index (χ3n) is 3.03. The van der Waals surface area contributed by atoms with Gasteiger partial charge in [-0.2, -0.15) is 5.10 Å². The first-order valence-corrected chi connectivity index (χ1v) is 7.30. The first-order chi connectivity index (χ1) is 9.11. The Morgan fingerprint density at radius 2 is 2.05 bits per heavy atom. The van der Waals surface area contributed by atoms with Crippen molar-refractivity contribution in [1.82, 2.24) is 9.78 Å². The van der Waals surface area contributed by atoms with Crippen LogP contribution in [0.5, 0.6) is 0 Å². The van der Waals surface area contributed by atoms with Gasteiger partial charge in [0.05, 0.1) is 12.2 Å². The van der Waals surface area contributed by atoms with Crippen LogP contribution in [-0.4, -0.2) is 15.7 Å². The number of nitrogens with one attached hydrogen (secondary N) is 1. The summed E-state index contributed by atoms with van der Waals surface area (Å²) in [5.74, 6) is 0.624. The minimum atomic E-state index is -0.110. The molecular formula is C14H16IN3O. The van der Waals surface area contributed by atoms with E-state index in [0.717, 1.165) is 15.8 Å². The van der Waals surface area contributed by atoms with Crippen LogP contribution in [0.1, 0.15) is 36.7 Å². The van der Waals surface area contributed by atoms with Gasteiger partial charge in [0.25, 0.3) is 5.91 Å². The second kappa shape index (κ2) is 6.18. The number of carbonyl (C=O) groups excluding carboxylic acids is 1. The molecule has 0 aliphatic heterocycles. The van der Waals surface area contributed by atoms with E-state index in [4.69, 9.17) is 0 Å². The Balaban J connectivity index is 2.15. The Morgan fingerprint density at radius 3 is 2.68 bits per heavy atom. The first kappa shape index (κ1) is 14.0. The number of carbonyl (C=O) groups is 1. The van der Waals surface area contributed by atoms with Crippen LogP contribution >= 0.6 is 22.6 Å². The Kier molecular flexibility index (Phi) is 4.57. The van der Waals surface area contributed by atoms with Crippen molar-refractivity contribution in [2.45, 2.75) is 26.3 Å². The summed E-state index contributed by atoms with van der Waals surface area (Å²) in [6.45, 7) is 4.17. The van der Waals surface area contributed by atoms with Crippen molar-refractivity contribution in [3.05, 3.63) is 45.7 Å². The number of anilines is 1. The van der Waals surface area contributed by atoms with Gasteiger partial charge in [0.2, 0.25) is 0 Å². The molecule has 0 aliphatic carbocycles. The van der Waals surface area contributed by atoms with Gasteiger partial charge in [0.1, 0.15) is 5.82 Å². The zero-order chi connectivity index (χ0) is 13.8. The number of halogens is 1. The number of hydrogen-bond acceptors (Lipinski definition) is 2. The highest BCUT2D eigenvalue weighted by Gasteiger charge is 2.12. The summed E-state index contributed by atoms with van der Waals surface area (Å²) in [4.78, 5) is 12.1. The zero-order valence-corrected chi connectivity index (χ0v) is 13.1. The third-order valence-corrected chi connectivity index (χ3v) is 3.75. The summed E-state index contributed by atoms with van der Waals surface area (Å²) in [7, 11) is 0. The molecule has 1 heterocycles. The molecule has 2 aromatic rings. The van der Waals surface area contributed by atoms with E-state index in [2.05, 4.69) is 46.9 Å². The Bertz CT molecular complexity index is 562. The monoisotopic (exact) mass is 369 g/mol. The van der Waals surface area contributed by atoms with Crippen LogP contribution in [0.25, 0.3) is 0 Å². The quantitative estimate of drug-likeness (QED) is 0.836. The smallest absolute Gasteiger partial charge is 0.256 e. The van der Waals surface area contributed by atoms with Gasteiger partial charge >= 0.3 is 0 Å². The lowest BCUT2D eigenvalue weighted by Gasteiger charge is -2.14. The molecule has 0 fully saturated rings. The van der Waals surface area contributed by atoms with Gasteiger partial charge < -0.3 is 5.32 Å². The molecule has 1 amide bonds. The molecule has 0 bridgehead atoms. The molecule has 0 spiro atoms. The normalized spacial score (nSPS) is 12.2. The molecule has 1 aromatic carbocycles. The maximum absolute atomic E-state index is 12.1. The van der Waals surface area contributed by atoms with Crippen LogP contribution in [-0.2, 0) is 0 Å². The molecule has 4 nitrogen and oxygen atoms in total. The summed E-state index contributed by atoms with van der Waals surface area (Å²) in [6.07, 6.45) is 2.67. The highest BCUT2D eigenvalue weighted by molar-refractivity contribution is 14.1. The standard InChI is InChI=1S/C14H16IN3O/c1-3-10(2)18-13(8-9-16-18)17-14(19)11-4-6-12(15)7-5-11/h4-10H,3H2,1-2H3,(H,17,19). The zero-order valence-electron chi connectivity index (χ0n) is 10.9. The van der Waals surface area contributed by atoms with Gasteiger partial charge in [-0.05, 0) is 60.2 Å². The highest BCUT2D eigenvalue weighted by Crippen LogP contribution is 2.17. The molecule has 19 heavy (non-hydrogen) atoms. The maximum atomic E-state index is 12.1. The molecule has 5 heteroatoms. The van der Waals surface area contributed by atoms with Crippen LogP contribution in [0, 0.1) is 3.57 Å². The fourth-order valence-electron chi connectivity index (χ4n) is 1.73. The molecule has 1 N–H and O–H groups in total. The van der Waals surface area contributed by atoms with Crippen molar-refractivity contribution in [2.75, 3.05) is 5.32 Å². The molecule has 1 atom stereocenters. The van der Waals surface area contributed by atoms with Crippen molar-refractivity contribution in [2.24, 2.45) is 0 Å². The predicted molar refractivity (Wildman–Crippen MR) is 84.3 cm³/mol. The fraction of sp³-hybridized carbons (Fsp3) is 0.286. The van der Waals surface area contributed by atoms with Crippen molar-refractivity contribution in [1.29, 1.82) is 0 Å². The Hall–Kier alpha value is -1.37. The number of amides is 1. The molecule has 1 unspecified atom stereocenters. The van der Waals surface area contributed by atoms with Crippen LogP contribution in [0.15, 0.2) is 36.5 Å². The molecule has 0 saturated carbocycles. The summed E-state index contributed by atoms with van der Waals surface area (Å²) >= 11 is 2.22. The Morgan fingerprint density at radius 1 is 1.37 bits per heavy atom. The largest absolute Gasteiger partial charge is 0.307 e. The topological polar surface area (TPSA) is 46.9 Å². The van der Waals surface area contributed by atoms with Crippen LogP contribution in [0.4, 0.5) is 5.82 Å². The lowest BCUT2D eigenvalue weighted by atomic mass is 10.2. The van der Waals surface area contributed by atoms with Gasteiger partial charge in [0, 0.05) is 15.2 Å². The number of hydrogen-bond donors (Lipinski definition) is 1. The molecule has 0 aliphatic rings. The van der Waals surface area contributed by atoms with E-state index in [0.29, 0.717) is 5.56 Å². The minimum absolute atomic E-state index is 0.110. The second-order valence-electron chi connectivity index (χ2n) is 4.38. The average Bonchev–Trinajstić information content (AvgIpc) is 2.86. The van der Waals surface area contributed by atoms with Gasteiger partial charge in [-0.25, -0.2) is 4.68 Å². The third kappa shape index (κ3) is 3.34. The van der Waals surface area contributed by atoms with Gasteiger partial charge in [-0.3, -0.25) is 4.79 Å². The fourth-order valence-corrected chi connectivity index (χ4v) is 2.09. The summed E-state index contributed by atoms with van der Waals surface area (Å²) in [6, 6.07) is 9.56. The van der Waals surface area contributed by atoms with E-state index in [1.165, 1.54) is 0 Å². The highest BCUT2D eigenvalue weighted by atomic mass is 127. The van der Waals surface area contributed by atoms with E-state index >= 15 is 0 Å². The van der Waals surface area contributed by atoms with Crippen LogP contribution < -0.4 is 5.32 Å². The van der Waals surface area contributed by atoms with E-state index < -0.39 is 0 Å². The van der Waals surface area contributed by atoms with Crippen molar-refractivity contribution < 1.29 is 4.79 Å². The van der Waals surface area contributed by atoms with E-state index in [9.17, 15) is 4.79 Å². The summed E-state index contributed by atoms with van der Waals surface area (Å²) in [5, 5.41) is 7.15. The first-order valence-electron chi connectivity index (χ1n) is 6.22. The summed E-state index contributed by atoms with van der Waals surface area (Å²) < 4.78 is 2.95. The number of aromatic nitrogens is 2. The average molecular weight is 369 g/mol. The van der Waals surface area contributed by atoms with Crippen LogP contribution in [0.3, 0.4) is 0 Å². The minimum Gasteiger partial charge on any atom is -0.307 e. The summed E-state index contributed by atoms with van der Waals surface area (Å²) in [5.41, 5.74) is 0.650. The molecule has 1 aromatic heterocycles. The van der Waals surface area contributed by atoms with E-state index in [-0.39, 0.29) is 11.9 Å². The van der Waals surface area contributed by atoms with Gasteiger partial charge in [0.15, 0.2) is 0 Å². The van der Waals surface area contributed by atoms with Crippen LogP contribution in [0.2, 0.25) is 0 Å². The molecule has 0 saturated heterocycles. The van der Waals surface area contributed by atoms with Crippen molar-refractivity contribution in [3.63, 3.8) is 0 Å². The lowest BCUT2D eigenvalue weighted by molar-refractivity contribution is 0.102.